The molecule has 0 fully saturated rings. The number of H-pyrrole nitrogens is 1. The number of nitrogens with one attached hydrogen (secondary N) is 1. The Morgan fingerprint density at radius 3 is 2.43 bits per heavy atom. The molecule has 0 saturated carbocycles. The van der Waals surface area contributed by atoms with Gasteiger partial charge in [-0.1, -0.05) is 12.2 Å². The quantitative estimate of drug-likeness (QED) is 0.453. The summed E-state index contributed by atoms with van der Waals surface area (Å²) in [5, 5.41) is 10.2. The summed E-state index contributed by atoms with van der Waals surface area (Å²) in [6.07, 6.45) is -3.95. The van der Waals surface area contributed by atoms with Crippen LogP contribution in [-0.2, 0) is 6.18 Å². The maximum absolute atomic E-state index is 12.1. The Balaban J connectivity index is 3.27. The minimum atomic E-state index is -4.58. The van der Waals surface area contributed by atoms with Crippen LogP contribution < -0.4 is 0 Å². The van der Waals surface area contributed by atoms with Crippen LogP contribution in [0.1, 0.15) is 5.69 Å². The molecule has 0 amide bonds. The van der Waals surface area contributed by atoms with E-state index in [4.69, 9.17) is 0 Å². The number of hydrogen-bond acceptors (Lipinski definition) is 3. The number of aromatic amines is 1. The Morgan fingerprint density at radius 2 is 2.07 bits per heavy atom. The molecule has 76 valence electrons. The van der Waals surface area contributed by atoms with E-state index in [-0.39, 0.29) is 0 Å². The van der Waals surface area contributed by atoms with Crippen molar-refractivity contribution in [2.75, 3.05) is 0 Å². The molecular weight excluding hydrogens is 221 g/mol. The molecule has 0 spiro atoms. The third-order valence-electron chi connectivity index (χ3n) is 1.39. The molecule has 0 saturated heterocycles. The summed E-state index contributed by atoms with van der Waals surface area (Å²) in [5.41, 5.74) is -1.65. The molecule has 1 aromatic heterocycles. The van der Waals surface area contributed by atoms with Crippen molar-refractivity contribution in [3.8, 4) is 0 Å². The monoisotopic (exact) mass is 224 g/mol. The highest BCUT2D eigenvalue weighted by atomic mass is 32.1. The molecule has 0 aliphatic heterocycles. The fourth-order valence-corrected chi connectivity index (χ4v) is 1.02. The molecule has 1 N–H and O–H groups in total. The van der Waals surface area contributed by atoms with E-state index in [2.05, 4.69) is 12.2 Å². The molecule has 4 nitrogen and oxygen atoms in total. The van der Waals surface area contributed by atoms with E-state index >= 15 is 0 Å². The van der Waals surface area contributed by atoms with Crippen molar-refractivity contribution in [1.82, 2.24) is 4.98 Å². The molecule has 0 radical (unpaired) electrons. The van der Waals surface area contributed by atoms with Crippen LogP contribution in [0.15, 0.2) is 12.3 Å². The van der Waals surface area contributed by atoms with Gasteiger partial charge in [0.2, 0.25) is 0 Å². The van der Waals surface area contributed by atoms with Gasteiger partial charge in [-0.2, -0.15) is 13.2 Å². The van der Waals surface area contributed by atoms with Gasteiger partial charge in [0.15, 0.2) is 0 Å². The van der Waals surface area contributed by atoms with Gasteiger partial charge in [-0.05, 0) is 6.07 Å². The van der Waals surface area contributed by atoms with Crippen LogP contribution in [0.4, 0.5) is 18.9 Å². The molecule has 1 heterocycles. The van der Waals surface area contributed by atoms with Crippen molar-refractivity contribution >= 4 is 17.9 Å². The van der Waals surface area contributed by atoms with Crippen LogP contribution in [0.3, 0.4) is 0 Å². The van der Waals surface area contributed by atoms with Gasteiger partial charge in [0.1, 0.15) is 10.2 Å². The zero-order valence-corrected chi connectivity index (χ0v) is 7.28. The van der Waals surface area contributed by atoms with E-state index < -0.39 is 27.0 Å². The van der Waals surface area contributed by atoms with Gasteiger partial charge in [-0.15, -0.1) is 0 Å². The SMILES string of the molecule is O=[N+]([O-])c1c[nH]c(C(F)(F)F)cc1=S. The lowest BCUT2D eigenvalue weighted by atomic mass is 10.3. The van der Waals surface area contributed by atoms with Gasteiger partial charge >= 0.3 is 11.9 Å². The van der Waals surface area contributed by atoms with Gasteiger partial charge in [-0.25, -0.2) is 0 Å². The average molecular weight is 224 g/mol. The Hall–Kier alpha value is -1.44. The summed E-state index contributed by atoms with van der Waals surface area (Å²) in [7, 11) is 0. The molecule has 0 aliphatic rings. The molecule has 8 heteroatoms. The topological polar surface area (TPSA) is 58.9 Å². The first kappa shape index (κ1) is 10.6. The van der Waals surface area contributed by atoms with Crippen molar-refractivity contribution in [3.63, 3.8) is 0 Å². The van der Waals surface area contributed by atoms with Gasteiger partial charge in [0.25, 0.3) is 0 Å². The lowest BCUT2D eigenvalue weighted by Crippen LogP contribution is -2.08. The van der Waals surface area contributed by atoms with Crippen LogP contribution in [0.25, 0.3) is 0 Å². The van der Waals surface area contributed by atoms with Crippen LogP contribution in [0, 0.1) is 14.6 Å². The lowest BCUT2D eigenvalue weighted by Gasteiger charge is -2.05. The van der Waals surface area contributed by atoms with Gasteiger partial charge in [-0.3, -0.25) is 10.1 Å². The first-order valence-electron chi connectivity index (χ1n) is 3.26. The van der Waals surface area contributed by atoms with E-state index in [9.17, 15) is 23.3 Å². The van der Waals surface area contributed by atoms with Crippen molar-refractivity contribution in [2.24, 2.45) is 0 Å². The highest BCUT2D eigenvalue weighted by Gasteiger charge is 2.32. The van der Waals surface area contributed by atoms with Crippen molar-refractivity contribution in [2.45, 2.75) is 6.18 Å². The predicted octanol–water partition coefficient (Wildman–Crippen LogP) is 2.67. The molecule has 0 aromatic carbocycles. The first-order valence-corrected chi connectivity index (χ1v) is 3.67. The number of nitrogens with zero attached hydrogens (tertiary/aromatic N) is 1. The van der Waals surface area contributed by atoms with E-state index in [0.717, 1.165) is 0 Å². The zero-order valence-electron chi connectivity index (χ0n) is 6.46. The molecule has 1 rings (SSSR count). The largest absolute Gasteiger partial charge is 0.431 e. The van der Waals surface area contributed by atoms with E-state index in [0.29, 0.717) is 12.3 Å². The fourth-order valence-electron chi connectivity index (χ4n) is 0.770. The molecule has 1 aromatic rings. The fraction of sp³-hybridized carbons (Fsp3) is 0.167. The molecule has 0 aliphatic carbocycles. The number of rotatable bonds is 1. The Labute approximate surface area is 80.5 Å². The summed E-state index contributed by atoms with van der Waals surface area (Å²) in [5.74, 6) is 0. The third kappa shape index (κ3) is 2.08. The van der Waals surface area contributed by atoms with Crippen LogP contribution >= 0.6 is 12.2 Å². The Bertz CT molecular complexity index is 426. The zero-order chi connectivity index (χ0) is 10.9. The van der Waals surface area contributed by atoms with E-state index in [1.165, 1.54) is 0 Å². The number of hydrogen-bond donors (Lipinski definition) is 1. The van der Waals surface area contributed by atoms with Crippen molar-refractivity contribution < 1.29 is 18.1 Å². The summed E-state index contributed by atoms with van der Waals surface area (Å²) >= 11 is 4.42. The highest BCUT2D eigenvalue weighted by molar-refractivity contribution is 7.71. The van der Waals surface area contributed by atoms with Gasteiger partial charge in [0, 0.05) is 0 Å². The summed E-state index contributed by atoms with van der Waals surface area (Å²) in [4.78, 5) is 11.1. The number of alkyl halides is 3. The van der Waals surface area contributed by atoms with Crippen LogP contribution in [0.5, 0.6) is 0 Å². The van der Waals surface area contributed by atoms with Gasteiger partial charge < -0.3 is 4.98 Å². The lowest BCUT2D eigenvalue weighted by molar-refractivity contribution is -0.385. The minimum absolute atomic E-state index is 0.443. The van der Waals surface area contributed by atoms with Gasteiger partial charge in [0.05, 0.1) is 11.1 Å². The second-order valence-corrected chi connectivity index (χ2v) is 2.79. The number of nitro groups is 1. The molecular formula is C6H3F3N2O2S. The number of pyridine rings is 1. The van der Waals surface area contributed by atoms with E-state index in [1.54, 1.807) is 4.98 Å². The summed E-state index contributed by atoms with van der Waals surface area (Å²) < 4.78 is 35.7. The Kier molecular flexibility index (Phi) is 2.56. The molecule has 0 atom stereocenters. The minimum Gasteiger partial charge on any atom is -0.352 e. The molecule has 0 bridgehead atoms. The smallest absolute Gasteiger partial charge is 0.352 e. The van der Waals surface area contributed by atoms with Crippen molar-refractivity contribution in [1.29, 1.82) is 0 Å². The average Bonchev–Trinajstić information content (AvgIpc) is 2.01. The Morgan fingerprint density at radius 1 is 1.50 bits per heavy atom. The van der Waals surface area contributed by atoms with Crippen LogP contribution in [0.2, 0.25) is 0 Å². The first-order chi connectivity index (χ1) is 6.32. The summed E-state index contributed by atoms with van der Waals surface area (Å²) in [6, 6.07) is 0.521. The third-order valence-corrected chi connectivity index (χ3v) is 1.72. The second-order valence-electron chi connectivity index (χ2n) is 2.35. The number of aromatic nitrogens is 1. The molecule has 14 heavy (non-hydrogen) atoms. The predicted molar refractivity (Wildman–Crippen MR) is 43.3 cm³/mol. The van der Waals surface area contributed by atoms with E-state index in [1.807, 2.05) is 0 Å². The maximum atomic E-state index is 12.1. The molecule has 0 unspecified atom stereocenters. The van der Waals surface area contributed by atoms with Crippen molar-refractivity contribution in [3.05, 3.63) is 32.6 Å². The summed E-state index contributed by atoms with van der Waals surface area (Å²) in [6.45, 7) is 0. The second kappa shape index (κ2) is 3.37. The standard InChI is InChI=1S/C6H3F3N2O2S/c7-6(8,9)5-1-4(14)3(2-10-5)11(12)13/h1-2H,(H,10,14). The normalized spacial score (nSPS) is 11.4. The maximum Gasteiger partial charge on any atom is 0.431 e. The number of halogens is 3. The van der Waals surface area contributed by atoms with Crippen LogP contribution in [-0.4, -0.2) is 9.91 Å². The highest BCUT2D eigenvalue weighted by Crippen LogP contribution is 2.28.